The van der Waals surface area contributed by atoms with Gasteiger partial charge in [-0.2, -0.15) is 47.0 Å². The van der Waals surface area contributed by atoms with Crippen molar-refractivity contribution in [1.82, 2.24) is 9.80 Å². The third-order valence-electron chi connectivity index (χ3n) is 12.6. The molecule has 4 unspecified atom stereocenters. The minimum atomic E-state index is -0.470. The van der Waals surface area contributed by atoms with Crippen LogP contribution < -0.4 is 0 Å². The third kappa shape index (κ3) is 48.1. The first-order chi connectivity index (χ1) is 39.1. The maximum atomic E-state index is 12.8. The molecule has 0 heterocycles. The van der Waals surface area contributed by atoms with Crippen LogP contribution in [0.2, 0.25) is 0 Å². The Morgan fingerprint density at radius 3 is 0.889 bits per heavy atom. The highest BCUT2D eigenvalue weighted by atomic mass is 32.2. The van der Waals surface area contributed by atoms with E-state index in [-0.39, 0.29) is 127 Å². The first-order valence-corrected chi connectivity index (χ1v) is 34.7. The molecular formula is C59H106N2O16S4. The Morgan fingerprint density at radius 1 is 0.309 bits per heavy atom. The first kappa shape index (κ1) is 78.1. The van der Waals surface area contributed by atoms with Gasteiger partial charge >= 0.3 is 47.8 Å². The number of ether oxygens (including phenoxy) is 8. The first-order valence-electron chi connectivity index (χ1n) is 30.1. The van der Waals surface area contributed by atoms with Gasteiger partial charge in [-0.1, -0.05) is 120 Å². The van der Waals surface area contributed by atoms with Crippen molar-refractivity contribution in [2.45, 2.75) is 165 Å². The zero-order chi connectivity index (χ0) is 60.1. The molecule has 0 aliphatic carbocycles. The van der Waals surface area contributed by atoms with E-state index in [9.17, 15) is 38.4 Å². The van der Waals surface area contributed by atoms with Gasteiger partial charge in [0.1, 0.15) is 52.9 Å². The molecule has 0 spiro atoms. The summed E-state index contributed by atoms with van der Waals surface area (Å²) in [5.41, 5.74) is 0. The van der Waals surface area contributed by atoms with E-state index < -0.39 is 35.8 Å². The van der Waals surface area contributed by atoms with Crippen molar-refractivity contribution in [2.24, 2.45) is 23.7 Å². The fraction of sp³-hybridized carbons (Fsp3) is 0.864. The normalized spacial score (nSPS) is 12.8. The van der Waals surface area contributed by atoms with E-state index in [4.69, 9.17) is 37.9 Å². The number of carbonyl (C=O) groups is 8. The Labute approximate surface area is 504 Å². The lowest BCUT2D eigenvalue weighted by molar-refractivity contribution is -0.154. The number of esters is 8. The molecule has 0 fully saturated rings. The fourth-order valence-electron chi connectivity index (χ4n) is 7.54. The van der Waals surface area contributed by atoms with Crippen molar-refractivity contribution in [1.29, 1.82) is 0 Å². The monoisotopic (exact) mass is 1230 g/mol. The average molecular weight is 1230 g/mol. The molecule has 0 saturated carbocycles. The largest absolute Gasteiger partial charge is 0.462 e. The predicted octanol–water partition coefficient (Wildman–Crippen LogP) is 10.1. The van der Waals surface area contributed by atoms with Gasteiger partial charge in [-0.15, -0.1) is 0 Å². The molecule has 81 heavy (non-hydrogen) atoms. The van der Waals surface area contributed by atoms with Crippen LogP contribution in [0, 0.1) is 23.7 Å². The molecule has 22 heteroatoms. The second-order valence-electron chi connectivity index (χ2n) is 20.3. The van der Waals surface area contributed by atoms with Crippen LogP contribution in [0.4, 0.5) is 0 Å². The molecular weight excluding hydrogens is 1120 g/mol. The number of rotatable bonds is 56. The van der Waals surface area contributed by atoms with Crippen LogP contribution in [-0.2, 0) is 76.3 Å². The summed E-state index contributed by atoms with van der Waals surface area (Å²) in [4.78, 5) is 104. The molecule has 0 aliphatic rings. The number of nitrogens with zero attached hydrogens (tertiary/aromatic N) is 2. The number of unbranched alkanes of at least 4 members (excludes halogenated alkanes) is 10. The molecule has 472 valence electrons. The van der Waals surface area contributed by atoms with Crippen LogP contribution in [0.5, 0.6) is 0 Å². The minimum Gasteiger partial charge on any atom is -0.462 e. The van der Waals surface area contributed by atoms with Gasteiger partial charge in [0.05, 0.1) is 49.4 Å². The van der Waals surface area contributed by atoms with Crippen molar-refractivity contribution in [3.8, 4) is 0 Å². The molecule has 0 amide bonds. The van der Waals surface area contributed by atoms with E-state index >= 15 is 0 Å². The lowest BCUT2D eigenvalue weighted by Gasteiger charge is -2.22. The van der Waals surface area contributed by atoms with Crippen molar-refractivity contribution in [3.63, 3.8) is 0 Å². The Bertz CT molecular complexity index is 1610. The molecule has 0 aliphatic heterocycles. The van der Waals surface area contributed by atoms with E-state index in [0.29, 0.717) is 54.9 Å². The van der Waals surface area contributed by atoms with Crippen LogP contribution in [-0.4, -0.2) is 196 Å². The van der Waals surface area contributed by atoms with E-state index in [2.05, 4.69) is 13.8 Å². The van der Waals surface area contributed by atoms with Crippen molar-refractivity contribution >= 4 is 94.8 Å². The Hall–Kier alpha value is -2.92. The molecule has 0 bridgehead atoms. The number of carbonyl (C=O) groups excluding carboxylic acids is 8. The van der Waals surface area contributed by atoms with Gasteiger partial charge in [-0.3, -0.25) is 38.4 Å². The van der Waals surface area contributed by atoms with Crippen LogP contribution in [0.1, 0.15) is 165 Å². The second kappa shape index (κ2) is 55.0. The summed E-state index contributed by atoms with van der Waals surface area (Å²) in [5, 5.41) is 0. The summed E-state index contributed by atoms with van der Waals surface area (Å²) in [6.07, 6.45) is 15.8. The highest BCUT2D eigenvalue weighted by Crippen LogP contribution is 2.17. The molecule has 0 aromatic heterocycles. The molecule has 0 N–H and O–H groups in total. The smallest absolute Gasteiger partial charge is 0.309 e. The summed E-state index contributed by atoms with van der Waals surface area (Å²) < 4.78 is 42.6. The number of thioether (sulfide) groups is 4. The topological polar surface area (TPSA) is 217 Å². The van der Waals surface area contributed by atoms with Gasteiger partial charge in [0.25, 0.3) is 0 Å². The molecule has 4 atom stereocenters. The van der Waals surface area contributed by atoms with E-state index in [1.165, 1.54) is 76.0 Å². The second-order valence-corrected chi connectivity index (χ2v) is 25.0. The van der Waals surface area contributed by atoms with E-state index in [1.807, 2.05) is 37.5 Å². The summed E-state index contributed by atoms with van der Waals surface area (Å²) in [5.74, 6) is 1.56. The van der Waals surface area contributed by atoms with Crippen LogP contribution in [0.15, 0.2) is 0 Å². The minimum absolute atomic E-state index is 0.000333. The fourth-order valence-corrected chi connectivity index (χ4v) is 11.4. The molecule has 0 radical (unpaired) electrons. The molecule has 0 rings (SSSR count). The highest BCUT2D eigenvalue weighted by molar-refractivity contribution is 7.99. The maximum Gasteiger partial charge on any atom is 0.309 e. The van der Waals surface area contributed by atoms with Crippen LogP contribution >= 0.6 is 47.0 Å². The Balaban J connectivity index is 4.86. The van der Waals surface area contributed by atoms with Gasteiger partial charge < -0.3 is 47.7 Å². The van der Waals surface area contributed by atoms with Crippen molar-refractivity contribution < 1.29 is 76.3 Å². The van der Waals surface area contributed by atoms with E-state index in [0.717, 1.165) is 36.5 Å². The van der Waals surface area contributed by atoms with Gasteiger partial charge in [-0.05, 0) is 43.1 Å². The highest BCUT2D eigenvalue weighted by Gasteiger charge is 2.20. The maximum absolute atomic E-state index is 12.8. The van der Waals surface area contributed by atoms with Crippen LogP contribution in [0.3, 0.4) is 0 Å². The standard InChI is InChI=1S/C59H106N2O16S4/c1-9-13-15-17-19-21-41-79-45-49(6)57(67)75-38-35-72-54(64)25-30-61(31-26-55(65)73-36-39-76-58(68)50(7)46-80-42-22-20-18-16-14-10-2)32-43-81-47-51(8)59(69)77-40-34-71-53(63)24-29-60(27-11-3)28-23-52(62)70-33-37-74-56(66)48(5)44-78-12-4/h48-51H,9-47H2,1-8H3. The van der Waals surface area contributed by atoms with Gasteiger partial charge in [0.15, 0.2) is 0 Å². The van der Waals surface area contributed by atoms with Crippen LogP contribution in [0.25, 0.3) is 0 Å². The SMILES string of the molecule is CCCCCCCCSCC(C)C(=O)OCCOC(=O)CCN(CCSCC(C)C(=O)OCCOC(=O)CCN(CCC)CCC(=O)OCCOC(=O)C(C)CSCC)CCC(=O)OCCOC(=O)C(C)CSCCCCCCCC. The Kier molecular flexibility index (Phi) is 53.0. The lowest BCUT2D eigenvalue weighted by atomic mass is 10.1. The van der Waals surface area contributed by atoms with Gasteiger partial charge in [-0.25, -0.2) is 0 Å². The summed E-state index contributed by atoms with van der Waals surface area (Å²) in [6, 6.07) is 0. The third-order valence-corrected chi connectivity index (χ3v) is 17.5. The zero-order valence-electron chi connectivity index (χ0n) is 50.9. The lowest BCUT2D eigenvalue weighted by Crippen LogP contribution is -2.32. The van der Waals surface area contributed by atoms with Crippen molar-refractivity contribution in [3.05, 3.63) is 0 Å². The van der Waals surface area contributed by atoms with Gasteiger partial charge in [0, 0.05) is 61.5 Å². The molecule has 0 saturated heterocycles. The summed E-state index contributed by atoms with van der Waals surface area (Å²) >= 11 is 6.68. The van der Waals surface area contributed by atoms with Crippen molar-refractivity contribution in [2.75, 3.05) is 138 Å². The molecule has 0 aromatic rings. The number of hydrogen-bond donors (Lipinski definition) is 0. The zero-order valence-corrected chi connectivity index (χ0v) is 54.2. The quantitative estimate of drug-likeness (QED) is 0.0314. The number of hydrogen-bond acceptors (Lipinski definition) is 22. The average Bonchev–Trinajstić information content (AvgIpc) is 3.45. The predicted molar refractivity (Wildman–Crippen MR) is 328 cm³/mol. The molecule has 0 aromatic carbocycles. The summed E-state index contributed by atoms with van der Waals surface area (Å²) in [7, 11) is 0. The molecule has 18 nitrogen and oxygen atoms in total. The Morgan fingerprint density at radius 2 is 0.580 bits per heavy atom. The van der Waals surface area contributed by atoms with E-state index in [1.54, 1.807) is 49.1 Å². The van der Waals surface area contributed by atoms with Gasteiger partial charge in [0.2, 0.25) is 0 Å². The summed E-state index contributed by atoms with van der Waals surface area (Å²) in [6.45, 7) is 17.7.